The summed E-state index contributed by atoms with van der Waals surface area (Å²) in [5, 5.41) is 3.13. The summed E-state index contributed by atoms with van der Waals surface area (Å²) in [7, 11) is 0. The Hall–Kier alpha value is -2.06. The van der Waals surface area contributed by atoms with Gasteiger partial charge in [-0.3, -0.25) is 0 Å². The van der Waals surface area contributed by atoms with Gasteiger partial charge in [0.25, 0.3) is 0 Å². The van der Waals surface area contributed by atoms with Crippen LogP contribution in [0, 0.1) is 0 Å². The van der Waals surface area contributed by atoms with E-state index in [-0.39, 0.29) is 0 Å². The molecule has 1 heterocycles. The number of alkyl halides is 6. The fraction of sp³-hybridized carbons (Fsp3) is 0.200. The molecule has 0 spiro atoms. The molecule has 0 saturated heterocycles. The molecule has 1 aromatic heterocycles. The first-order chi connectivity index (χ1) is 8.69. The normalized spacial score (nSPS) is 12.7. The Morgan fingerprint density at radius 1 is 0.947 bits per heavy atom. The Kier molecular flexibility index (Phi) is 2.99. The van der Waals surface area contributed by atoms with Crippen molar-refractivity contribution in [2.24, 2.45) is 0 Å². The molecule has 0 amide bonds. The van der Waals surface area contributed by atoms with Crippen molar-refractivity contribution in [1.29, 1.82) is 0 Å². The van der Waals surface area contributed by atoms with E-state index in [1.54, 1.807) is 0 Å². The molecule has 19 heavy (non-hydrogen) atoms. The molecule has 9 heteroatoms. The molecule has 2 rings (SSSR count). The monoisotopic (exact) mass is 282 g/mol. The molecular formula is C10H4F6N2O. The van der Waals surface area contributed by atoms with Gasteiger partial charge in [0.05, 0.1) is 11.1 Å². The van der Waals surface area contributed by atoms with Gasteiger partial charge in [-0.25, -0.2) is 0 Å². The SMILES string of the molecule is FC(F)(F)c1ccc(C(F)(F)F)c(-c2ncon2)c1. The number of aromatic nitrogens is 2. The molecule has 0 bridgehead atoms. The zero-order valence-corrected chi connectivity index (χ0v) is 8.88. The van der Waals surface area contributed by atoms with Crippen molar-refractivity contribution in [3.8, 4) is 11.4 Å². The highest BCUT2D eigenvalue weighted by molar-refractivity contribution is 5.62. The van der Waals surface area contributed by atoms with Crippen LogP contribution in [-0.4, -0.2) is 10.1 Å². The molecule has 0 atom stereocenters. The largest absolute Gasteiger partial charge is 0.417 e. The van der Waals surface area contributed by atoms with Crippen molar-refractivity contribution < 1.29 is 30.9 Å². The number of hydrogen-bond acceptors (Lipinski definition) is 3. The molecule has 0 fully saturated rings. The minimum Gasteiger partial charge on any atom is -0.342 e. The summed E-state index contributed by atoms with van der Waals surface area (Å²) >= 11 is 0. The second-order valence-corrected chi connectivity index (χ2v) is 3.51. The Bertz CT molecular complexity index is 573. The van der Waals surface area contributed by atoms with E-state index >= 15 is 0 Å². The maximum atomic E-state index is 12.7. The van der Waals surface area contributed by atoms with Crippen LogP contribution in [0.4, 0.5) is 26.3 Å². The first kappa shape index (κ1) is 13.4. The average molecular weight is 282 g/mol. The average Bonchev–Trinajstić information content (AvgIpc) is 2.79. The quantitative estimate of drug-likeness (QED) is 0.747. The zero-order valence-electron chi connectivity index (χ0n) is 8.88. The predicted molar refractivity (Wildman–Crippen MR) is 49.7 cm³/mol. The summed E-state index contributed by atoms with van der Waals surface area (Å²) in [6.07, 6.45) is -8.85. The van der Waals surface area contributed by atoms with E-state index in [1.165, 1.54) is 0 Å². The molecule has 2 aromatic rings. The fourth-order valence-corrected chi connectivity index (χ4v) is 1.44. The number of hydrogen-bond donors (Lipinski definition) is 0. The third kappa shape index (κ3) is 2.69. The molecule has 3 nitrogen and oxygen atoms in total. The van der Waals surface area contributed by atoms with Gasteiger partial charge in [-0.2, -0.15) is 31.3 Å². The van der Waals surface area contributed by atoms with E-state index in [0.717, 1.165) is 6.39 Å². The van der Waals surface area contributed by atoms with Crippen molar-refractivity contribution in [2.75, 3.05) is 0 Å². The van der Waals surface area contributed by atoms with Crippen LogP contribution >= 0.6 is 0 Å². The van der Waals surface area contributed by atoms with Gasteiger partial charge in [0, 0.05) is 5.56 Å². The highest BCUT2D eigenvalue weighted by Crippen LogP contribution is 2.39. The molecule has 0 unspecified atom stereocenters. The third-order valence-electron chi connectivity index (χ3n) is 2.25. The van der Waals surface area contributed by atoms with Gasteiger partial charge in [0.15, 0.2) is 0 Å². The van der Waals surface area contributed by atoms with E-state index < -0.39 is 34.9 Å². The Morgan fingerprint density at radius 2 is 1.63 bits per heavy atom. The van der Waals surface area contributed by atoms with Crippen LogP contribution in [0.1, 0.15) is 11.1 Å². The zero-order chi connectivity index (χ0) is 14.3. The fourth-order valence-electron chi connectivity index (χ4n) is 1.44. The lowest BCUT2D eigenvalue weighted by molar-refractivity contribution is -0.141. The Balaban J connectivity index is 2.65. The van der Waals surface area contributed by atoms with Crippen molar-refractivity contribution in [2.45, 2.75) is 12.4 Å². The van der Waals surface area contributed by atoms with E-state index in [9.17, 15) is 26.3 Å². The second-order valence-electron chi connectivity index (χ2n) is 3.51. The van der Waals surface area contributed by atoms with Crippen LogP contribution in [0.3, 0.4) is 0 Å². The minimum atomic E-state index is -4.82. The van der Waals surface area contributed by atoms with E-state index in [4.69, 9.17) is 0 Å². The third-order valence-corrected chi connectivity index (χ3v) is 2.25. The summed E-state index contributed by atoms with van der Waals surface area (Å²) < 4.78 is 79.8. The van der Waals surface area contributed by atoms with Crippen LogP contribution < -0.4 is 0 Å². The smallest absolute Gasteiger partial charge is 0.342 e. The van der Waals surface area contributed by atoms with Crippen LogP contribution in [0.15, 0.2) is 29.1 Å². The molecular weight excluding hydrogens is 278 g/mol. The molecule has 0 aliphatic rings. The van der Waals surface area contributed by atoms with Crippen molar-refractivity contribution in [3.63, 3.8) is 0 Å². The first-order valence-electron chi connectivity index (χ1n) is 4.75. The number of nitrogens with zero attached hydrogens (tertiary/aromatic N) is 2. The van der Waals surface area contributed by atoms with Crippen LogP contribution in [0.2, 0.25) is 0 Å². The first-order valence-corrected chi connectivity index (χ1v) is 4.75. The summed E-state index contributed by atoms with van der Waals surface area (Å²) in [6, 6.07) is 1.04. The Morgan fingerprint density at radius 3 is 2.11 bits per heavy atom. The molecule has 0 aliphatic heterocycles. The lowest BCUT2D eigenvalue weighted by Gasteiger charge is -2.13. The highest BCUT2D eigenvalue weighted by atomic mass is 19.4. The summed E-state index contributed by atoms with van der Waals surface area (Å²) in [5.41, 5.74) is -3.27. The summed E-state index contributed by atoms with van der Waals surface area (Å²) in [4.78, 5) is 3.34. The number of benzene rings is 1. The molecule has 0 saturated carbocycles. The molecule has 102 valence electrons. The standard InChI is InChI=1S/C10H4F6N2O/c11-9(12,13)5-1-2-7(10(14,15)16)6(3-5)8-17-4-19-18-8/h1-4H. The maximum absolute atomic E-state index is 12.7. The number of halogens is 6. The summed E-state index contributed by atoms with van der Waals surface area (Å²) in [6.45, 7) is 0. The van der Waals surface area contributed by atoms with Crippen LogP contribution in [0.25, 0.3) is 11.4 Å². The topological polar surface area (TPSA) is 38.9 Å². The van der Waals surface area contributed by atoms with E-state index in [0.29, 0.717) is 18.2 Å². The van der Waals surface area contributed by atoms with Crippen LogP contribution in [-0.2, 0) is 12.4 Å². The van der Waals surface area contributed by atoms with Gasteiger partial charge in [0.2, 0.25) is 12.2 Å². The van der Waals surface area contributed by atoms with E-state index in [2.05, 4.69) is 14.7 Å². The lowest BCUT2D eigenvalue weighted by Crippen LogP contribution is -2.11. The van der Waals surface area contributed by atoms with Crippen LogP contribution in [0.5, 0.6) is 0 Å². The van der Waals surface area contributed by atoms with E-state index in [1.807, 2.05) is 0 Å². The van der Waals surface area contributed by atoms with Gasteiger partial charge in [-0.15, -0.1) is 0 Å². The minimum absolute atomic E-state index is 0.341. The predicted octanol–water partition coefficient (Wildman–Crippen LogP) is 3.77. The highest BCUT2D eigenvalue weighted by Gasteiger charge is 2.38. The molecule has 0 N–H and O–H groups in total. The maximum Gasteiger partial charge on any atom is 0.417 e. The van der Waals surface area contributed by atoms with Crippen molar-refractivity contribution in [1.82, 2.24) is 10.1 Å². The van der Waals surface area contributed by atoms with Gasteiger partial charge >= 0.3 is 12.4 Å². The molecule has 0 radical (unpaired) electrons. The molecule has 1 aromatic carbocycles. The van der Waals surface area contributed by atoms with Gasteiger partial charge in [-0.05, 0) is 18.2 Å². The van der Waals surface area contributed by atoms with Gasteiger partial charge in [0.1, 0.15) is 0 Å². The van der Waals surface area contributed by atoms with Gasteiger partial charge in [-0.1, -0.05) is 5.16 Å². The van der Waals surface area contributed by atoms with Crippen molar-refractivity contribution >= 4 is 0 Å². The van der Waals surface area contributed by atoms with Gasteiger partial charge < -0.3 is 4.52 Å². The Labute approximate surface area is 101 Å². The van der Waals surface area contributed by atoms with Crippen molar-refractivity contribution in [3.05, 3.63) is 35.7 Å². The molecule has 0 aliphatic carbocycles. The second kappa shape index (κ2) is 4.25. The lowest BCUT2D eigenvalue weighted by atomic mass is 10.0. The summed E-state index contributed by atoms with van der Waals surface area (Å²) in [5.74, 6) is -0.557. The number of rotatable bonds is 1.